The first kappa shape index (κ1) is 14.7. The molecule has 1 fully saturated rings. The van der Waals surface area contributed by atoms with Crippen LogP contribution in [0.2, 0.25) is 0 Å². The van der Waals surface area contributed by atoms with Gasteiger partial charge in [-0.05, 0) is 44.9 Å². The molecule has 110 valence electrons. The van der Waals surface area contributed by atoms with Crippen LogP contribution in [-0.4, -0.2) is 11.4 Å². The van der Waals surface area contributed by atoms with Crippen LogP contribution in [0.15, 0.2) is 53.4 Å². The number of hydrogen-bond acceptors (Lipinski definition) is 2. The Balaban J connectivity index is 1.82. The summed E-state index contributed by atoms with van der Waals surface area (Å²) in [5.74, 6) is 0.952. The first-order chi connectivity index (χ1) is 9.95. The third-order valence-corrected chi connectivity index (χ3v) is 5.68. The lowest BCUT2D eigenvalue weighted by atomic mass is 9.90. The highest BCUT2D eigenvalue weighted by molar-refractivity contribution is 7.99. The molecule has 21 heavy (non-hydrogen) atoms. The van der Waals surface area contributed by atoms with Gasteiger partial charge in [0.2, 0.25) is 0 Å². The average Bonchev–Trinajstić information content (AvgIpc) is 3.02. The topological polar surface area (TPSA) is 12.5 Å². The summed E-state index contributed by atoms with van der Waals surface area (Å²) in [7, 11) is 0. The standard InChI is InChI=1S/C19H22OS/c1-14-10-11-17(15(2)12-14)21-13-19(18(3,4)20-19)16-8-6-5-7-9-16/h5-12H,13H2,1-4H3. The van der Waals surface area contributed by atoms with Gasteiger partial charge < -0.3 is 4.74 Å². The van der Waals surface area contributed by atoms with Crippen LogP contribution in [0.1, 0.15) is 30.5 Å². The zero-order chi connectivity index (χ0) is 15.1. The zero-order valence-corrected chi connectivity index (χ0v) is 14.0. The summed E-state index contributed by atoms with van der Waals surface area (Å²) >= 11 is 1.90. The summed E-state index contributed by atoms with van der Waals surface area (Å²) in [6, 6.07) is 17.3. The predicted molar refractivity (Wildman–Crippen MR) is 89.9 cm³/mol. The van der Waals surface area contributed by atoms with E-state index >= 15 is 0 Å². The van der Waals surface area contributed by atoms with Crippen molar-refractivity contribution in [2.45, 2.75) is 43.8 Å². The van der Waals surface area contributed by atoms with E-state index in [-0.39, 0.29) is 11.2 Å². The second-order valence-electron chi connectivity index (χ2n) is 6.36. The van der Waals surface area contributed by atoms with Gasteiger partial charge in [-0.15, -0.1) is 11.8 Å². The molecule has 2 heteroatoms. The highest BCUT2D eigenvalue weighted by Crippen LogP contribution is 2.57. The fourth-order valence-corrected chi connectivity index (χ4v) is 4.33. The van der Waals surface area contributed by atoms with Gasteiger partial charge in [-0.3, -0.25) is 0 Å². The average molecular weight is 298 g/mol. The summed E-state index contributed by atoms with van der Waals surface area (Å²) in [4.78, 5) is 1.35. The molecule has 0 radical (unpaired) electrons. The maximum Gasteiger partial charge on any atom is 0.132 e. The second kappa shape index (κ2) is 5.19. The Morgan fingerprint density at radius 1 is 1.00 bits per heavy atom. The highest BCUT2D eigenvalue weighted by atomic mass is 32.2. The molecule has 1 aliphatic heterocycles. The number of rotatable bonds is 4. The van der Waals surface area contributed by atoms with Gasteiger partial charge in [0.05, 0.1) is 5.60 Å². The van der Waals surface area contributed by atoms with Crippen molar-refractivity contribution in [3.8, 4) is 0 Å². The van der Waals surface area contributed by atoms with Crippen molar-refractivity contribution in [2.24, 2.45) is 0 Å². The number of ether oxygens (including phenoxy) is 1. The first-order valence-electron chi connectivity index (χ1n) is 7.40. The molecule has 0 bridgehead atoms. The molecule has 0 aromatic heterocycles. The maximum absolute atomic E-state index is 6.14. The van der Waals surface area contributed by atoms with E-state index in [0.29, 0.717) is 0 Å². The molecule has 1 nitrogen and oxygen atoms in total. The van der Waals surface area contributed by atoms with Crippen molar-refractivity contribution < 1.29 is 4.74 Å². The predicted octanol–water partition coefficient (Wildman–Crippen LogP) is 5.10. The van der Waals surface area contributed by atoms with E-state index in [1.165, 1.54) is 21.6 Å². The lowest BCUT2D eigenvalue weighted by Gasteiger charge is -2.16. The lowest BCUT2D eigenvalue weighted by Crippen LogP contribution is -2.21. The van der Waals surface area contributed by atoms with E-state index < -0.39 is 0 Å². The fraction of sp³-hybridized carbons (Fsp3) is 0.368. The van der Waals surface area contributed by atoms with Crippen molar-refractivity contribution in [1.29, 1.82) is 0 Å². The summed E-state index contributed by atoms with van der Waals surface area (Å²) < 4.78 is 6.14. The van der Waals surface area contributed by atoms with E-state index in [1.807, 2.05) is 11.8 Å². The molecule has 0 N–H and O–H groups in total. The van der Waals surface area contributed by atoms with Gasteiger partial charge >= 0.3 is 0 Å². The van der Waals surface area contributed by atoms with Crippen LogP contribution >= 0.6 is 11.8 Å². The monoisotopic (exact) mass is 298 g/mol. The number of epoxide rings is 1. The van der Waals surface area contributed by atoms with Crippen LogP contribution in [-0.2, 0) is 10.3 Å². The Morgan fingerprint density at radius 3 is 2.24 bits per heavy atom. The number of hydrogen-bond donors (Lipinski definition) is 0. The number of aryl methyl sites for hydroxylation is 2. The van der Waals surface area contributed by atoms with Gasteiger partial charge in [0.25, 0.3) is 0 Å². The molecule has 0 amide bonds. The van der Waals surface area contributed by atoms with E-state index in [4.69, 9.17) is 4.74 Å². The Hall–Kier alpha value is -1.25. The van der Waals surface area contributed by atoms with Gasteiger partial charge in [-0.1, -0.05) is 48.0 Å². The fourth-order valence-electron chi connectivity index (χ4n) is 2.95. The molecule has 0 saturated carbocycles. The molecule has 1 saturated heterocycles. The second-order valence-corrected chi connectivity index (χ2v) is 7.38. The highest BCUT2D eigenvalue weighted by Gasteiger charge is 2.64. The smallest absolute Gasteiger partial charge is 0.132 e. The summed E-state index contributed by atoms with van der Waals surface area (Å²) in [6.07, 6.45) is 0. The van der Waals surface area contributed by atoms with Crippen LogP contribution in [0.5, 0.6) is 0 Å². The molecule has 1 aliphatic rings. The summed E-state index contributed by atoms with van der Waals surface area (Å²) in [5, 5.41) is 0. The molecular formula is C19H22OS. The maximum atomic E-state index is 6.14. The van der Waals surface area contributed by atoms with Crippen LogP contribution < -0.4 is 0 Å². The van der Waals surface area contributed by atoms with E-state index in [1.54, 1.807) is 0 Å². The quantitative estimate of drug-likeness (QED) is 0.575. The summed E-state index contributed by atoms with van der Waals surface area (Å²) in [5.41, 5.74) is 3.71. The van der Waals surface area contributed by atoms with Crippen molar-refractivity contribution in [3.05, 3.63) is 65.2 Å². The van der Waals surface area contributed by atoms with Gasteiger partial charge in [-0.2, -0.15) is 0 Å². The van der Waals surface area contributed by atoms with Crippen LogP contribution in [0.3, 0.4) is 0 Å². The van der Waals surface area contributed by atoms with E-state index in [0.717, 1.165) is 5.75 Å². The molecule has 2 aromatic rings. The van der Waals surface area contributed by atoms with Crippen LogP contribution in [0.4, 0.5) is 0 Å². The van der Waals surface area contributed by atoms with E-state index in [9.17, 15) is 0 Å². The molecule has 3 rings (SSSR count). The Labute approximate surface area is 131 Å². The molecule has 1 atom stereocenters. The van der Waals surface area contributed by atoms with Crippen molar-refractivity contribution >= 4 is 11.8 Å². The van der Waals surface area contributed by atoms with E-state index in [2.05, 4.69) is 76.2 Å². The van der Waals surface area contributed by atoms with Gasteiger partial charge in [0.15, 0.2) is 0 Å². The zero-order valence-electron chi connectivity index (χ0n) is 13.1. The minimum Gasteiger partial charge on any atom is -0.357 e. The Kier molecular flexibility index (Phi) is 3.62. The minimum atomic E-state index is -0.156. The minimum absolute atomic E-state index is 0.0834. The third kappa shape index (κ3) is 2.63. The number of benzene rings is 2. The number of thioether (sulfide) groups is 1. The molecule has 0 spiro atoms. The SMILES string of the molecule is Cc1ccc(SCC2(c3ccccc3)OC2(C)C)c(C)c1. The van der Waals surface area contributed by atoms with Crippen LogP contribution in [0.25, 0.3) is 0 Å². The van der Waals surface area contributed by atoms with Crippen LogP contribution in [0, 0.1) is 13.8 Å². The Bertz CT molecular complexity index is 648. The largest absolute Gasteiger partial charge is 0.357 e. The molecule has 1 heterocycles. The Morgan fingerprint density at radius 2 is 1.67 bits per heavy atom. The normalized spacial score (nSPS) is 23.0. The van der Waals surface area contributed by atoms with Crippen molar-refractivity contribution in [2.75, 3.05) is 5.75 Å². The van der Waals surface area contributed by atoms with Crippen molar-refractivity contribution in [3.63, 3.8) is 0 Å². The summed E-state index contributed by atoms with van der Waals surface area (Å²) in [6.45, 7) is 8.69. The molecule has 2 aromatic carbocycles. The molecular weight excluding hydrogens is 276 g/mol. The van der Waals surface area contributed by atoms with Crippen molar-refractivity contribution in [1.82, 2.24) is 0 Å². The van der Waals surface area contributed by atoms with Gasteiger partial charge in [-0.25, -0.2) is 0 Å². The van der Waals surface area contributed by atoms with Gasteiger partial charge in [0, 0.05) is 10.6 Å². The van der Waals surface area contributed by atoms with Gasteiger partial charge in [0.1, 0.15) is 5.60 Å². The first-order valence-corrected chi connectivity index (χ1v) is 8.39. The molecule has 0 aliphatic carbocycles. The molecule has 1 unspecified atom stereocenters. The third-order valence-electron chi connectivity index (χ3n) is 4.36. The lowest BCUT2D eigenvalue weighted by molar-refractivity contribution is 0.290.